The number of fused-ring (bicyclic) bond motifs is 1. The fraction of sp³-hybridized carbons (Fsp3) is 0.278. The van der Waals surface area contributed by atoms with E-state index in [2.05, 4.69) is 50.8 Å². The molecular weight excluding hydrogens is 340 g/mol. The predicted molar refractivity (Wildman–Crippen MR) is 93.1 cm³/mol. The highest BCUT2D eigenvalue weighted by Gasteiger charge is 2.10. The Kier molecular flexibility index (Phi) is 5.24. The van der Waals surface area contributed by atoms with Crippen molar-refractivity contribution in [1.82, 2.24) is 9.55 Å². The van der Waals surface area contributed by atoms with Gasteiger partial charge in [-0.25, -0.2) is 4.98 Å². The van der Waals surface area contributed by atoms with Gasteiger partial charge in [0.05, 0.1) is 17.6 Å². The molecule has 0 amide bonds. The Bertz CT molecular complexity index is 724. The molecule has 3 nitrogen and oxygen atoms in total. The number of hydrogen-bond acceptors (Lipinski definition) is 2. The van der Waals surface area contributed by atoms with Gasteiger partial charge in [-0.15, -0.1) is 0 Å². The van der Waals surface area contributed by atoms with Crippen LogP contribution in [0.25, 0.3) is 11.0 Å². The molecule has 1 aromatic heterocycles. The molecule has 4 heteroatoms. The summed E-state index contributed by atoms with van der Waals surface area (Å²) in [5.41, 5.74) is 3.41. The van der Waals surface area contributed by atoms with Crippen LogP contribution in [0.5, 0.6) is 0 Å². The van der Waals surface area contributed by atoms with Crippen LogP contribution >= 0.6 is 15.9 Å². The Morgan fingerprint density at radius 2 is 1.73 bits per heavy atom. The number of alkyl halides is 1. The minimum absolute atomic E-state index is 0.534. The van der Waals surface area contributed by atoms with Crippen LogP contribution in [0.3, 0.4) is 0 Å². The lowest BCUT2D eigenvalue weighted by Crippen LogP contribution is -2.06. The van der Waals surface area contributed by atoms with Gasteiger partial charge in [-0.1, -0.05) is 58.4 Å². The monoisotopic (exact) mass is 358 g/mol. The van der Waals surface area contributed by atoms with E-state index in [-0.39, 0.29) is 0 Å². The summed E-state index contributed by atoms with van der Waals surface area (Å²) in [5.74, 6) is 0.998. The van der Waals surface area contributed by atoms with E-state index >= 15 is 0 Å². The summed E-state index contributed by atoms with van der Waals surface area (Å²) in [7, 11) is 0. The molecule has 0 saturated heterocycles. The van der Waals surface area contributed by atoms with Crippen molar-refractivity contribution >= 4 is 27.0 Å². The quantitative estimate of drug-likeness (QED) is 0.579. The first-order valence-corrected chi connectivity index (χ1v) is 8.62. The third-order valence-corrected chi connectivity index (χ3v) is 4.15. The number of aryl methyl sites for hydroxylation is 1. The van der Waals surface area contributed by atoms with E-state index in [1.54, 1.807) is 0 Å². The zero-order valence-corrected chi connectivity index (χ0v) is 14.0. The first-order chi connectivity index (χ1) is 10.9. The zero-order chi connectivity index (χ0) is 15.2. The van der Waals surface area contributed by atoms with E-state index in [0.29, 0.717) is 13.2 Å². The van der Waals surface area contributed by atoms with Gasteiger partial charge in [0.25, 0.3) is 0 Å². The molecule has 0 unspecified atom stereocenters. The van der Waals surface area contributed by atoms with Crippen LogP contribution in [0.1, 0.15) is 17.8 Å². The molecule has 0 atom stereocenters. The van der Waals surface area contributed by atoms with E-state index in [1.807, 2.05) is 24.3 Å². The molecule has 2 aromatic carbocycles. The van der Waals surface area contributed by atoms with Crippen molar-refractivity contribution in [3.05, 3.63) is 66.0 Å². The molecule has 0 aliphatic rings. The minimum atomic E-state index is 0.534. The van der Waals surface area contributed by atoms with Gasteiger partial charge >= 0.3 is 0 Å². The summed E-state index contributed by atoms with van der Waals surface area (Å²) in [6.07, 6.45) is 1.08. The average Bonchev–Trinajstić information content (AvgIpc) is 2.91. The number of halogens is 1. The molecule has 0 spiro atoms. The highest BCUT2D eigenvalue weighted by molar-refractivity contribution is 9.09. The van der Waals surface area contributed by atoms with Gasteiger partial charge in [-0.2, -0.15) is 0 Å². The molecule has 0 fully saturated rings. The van der Waals surface area contributed by atoms with Gasteiger partial charge in [-0.05, 0) is 24.1 Å². The largest absolute Gasteiger partial charge is 0.369 e. The predicted octanol–water partition coefficient (Wildman–Crippen LogP) is 4.54. The molecule has 0 radical (unpaired) electrons. The number of hydrogen-bond donors (Lipinski definition) is 0. The number of para-hydroxylation sites is 2. The van der Waals surface area contributed by atoms with Crippen LogP contribution in [0, 0.1) is 0 Å². The van der Waals surface area contributed by atoms with Crippen LogP contribution < -0.4 is 0 Å². The van der Waals surface area contributed by atoms with Crippen LogP contribution in [0.2, 0.25) is 0 Å². The molecule has 22 heavy (non-hydrogen) atoms. The summed E-state index contributed by atoms with van der Waals surface area (Å²) in [6, 6.07) is 18.5. The maximum absolute atomic E-state index is 5.86. The first-order valence-electron chi connectivity index (χ1n) is 7.50. The SMILES string of the molecule is BrCCCn1c(COCc2ccccc2)nc2ccccc21. The van der Waals surface area contributed by atoms with E-state index in [4.69, 9.17) is 9.72 Å². The van der Waals surface area contributed by atoms with Gasteiger partial charge in [0.1, 0.15) is 12.4 Å². The van der Waals surface area contributed by atoms with Crippen molar-refractivity contribution in [3.8, 4) is 0 Å². The van der Waals surface area contributed by atoms with Crippen LogP contribution in [-0.4, -0.2) is 14.9 Å². The van der Waals surface area contributed by atoms with E-state index in [0.717, 1.165) is 29.6 Å². The molecule has 0 aliphatic heterocycles. The molecule has 0 aliphatic carbocycles. The van der Waals surface area contributed by atoms with Gasteiger partial charge in [0, 0.05) is 11.9 Å². The van der Waals surface area contributed by atoms with Gasteiger partial charge in [0.15, 0.2) is 0 Å². The molecule has 0 bridgehead atoms. The summed E-state index contributed by atoms with van der Waals surface area (Å²) < 4.78 is 8.13. The second-order valence-corrected chi connectivity index (χ2v) is 5.98. The summed E-state index contributed by atoms with van der Waals surface area (Å²) in [6.45, 7) is 2.10. The summed E-state index contributed by atoms with van der Waals surface area (Å²) in [4.78, 5) is 4.72. The number of rotatable bonds is 7. The fourth-order valence-electron chi connectivity index (χ4n) is 2.54. The van der Waals surface area contributed by atoms with E-state index < -0.39 is 0 Å². The fourth-order valence-corrected chi connectivity index (χ4v) is 2.79. The third kappa shape index (κ3) is 3.57. The highest BCUT2D eigenvalue weighted by Crippen LogP contribution is 2.18. The number of ether oxygens (including phenoxy) is 1. The Hall–Kier alpha value is -1.65. The molecule has 3 rings (SSSR count). The topological polar surface area (TPSA) is 27.1 Å². The number of nitrogens with zero attached hydrogens (tertiary/aromatic N) is 2. The van der Waals surface area contributed by atoms with Crippen molar-refractivity contribution < 1.29 is 4.74 Å². The maximum atomic E-state index is 5.86. The minimum Gasteiger partial charge on any atom is -0.369 e. The first kappa shape index (κ1) is 15.3. The Morgan fingerprint density at radius 1 is 0.955 bits per heavy atom. The summed E-state index contributed by atoms with van der Waals surface area (Å²) in [5, 5.41) is 0.990. The Morgan fingerprint density at radius 3 is 2.55 bits per heavy atom. The third-order valence-electron chi connectivity index (χ3n) is 3.59. The maximum Gasteiger partial charge on any atom is 0.136 e. The standard InChI is InChI=1S/C18H19BrN2O/c19-11-6-12-21-17-10-5-4-9-16(17)20-18(21)14-22-13-15-7-2-1-3-8-15/h1-5,7-10H,6,11-14H2. The van der Waals surface area contributed by atoms with Crippen molar-refractivity contribution in [1.29, 1.82) is 0 Å². The Labute approximate surface area is 139 Å². The van der Waals surface area contributed by atoms with Gasteiger partial charge in [0.2, 0.25) is 0 Å². The number of aromatic nitrogens is 2. The Balaban J connectivity index is 1.74. The molecule has 114 valence electrons. The highest BCUT2D eigenvalue weighted by atomic mass is 79.9. The summed E-state index contributed by atoms with van der Waals surface area (Å²) >= 11 is 3.50. The van der Waals surface area contributed by atoms with E-state index in [9.17, 15) is 0 Å². The molecule has 1 heterocycles. The van der Waals surface area contributed by atoms with Crippen LogP contribution in [0.4, 0.5) is 0 Å². The number of benzene rings is 2. The molecule has 0 saturated carbocycles. The molecule has 0 N–H and O–H groups in total. The zero-order valence-electron chi connectivity index (χ0n) is 12.4. The van der Waals surface area contributed by atoms with Crippen LogP contribution in [-0.2, 0) is 24.5 Å². The van der Waals surface area contributed by atoms with Crippen molar-refractivity contribution in [3.63, 3.8) is 0 Å². The van der Waals surface area contributed by atoms with Crippen molar-refractivity contribution in [2.45, 2.75) is 26.2 Å². The lowest BCUT2D eigenvalue weighted by Gasteiger charge is -2.09. The van der Waals surface area contributed by atoms with Gasteiger partial charge in [-0.3, -0.25) is 0 Å². The molecular formula is C18H19BrN2O. The van der Waals surface area contributed by atoms with Crippen molar-refractivity contribution in [2.75, 3.05) is 5.33 Å². The smallest absolute Gasteiger partial charge is 0.136 e. The second kappa shape index (κ2) is 7.56. The number of imidazole rings is 1. The average molecular weight is 359 g/mol. The van der Waals surface area contributed by atoms with Crippen LogP contribution in [0.15, 0.2) is 54.6 Å². The lowest BCUT2D eigenvalue weighted by atomic mass is 10.2. The van der Waals surface area contributed by atoms with E-state index in [1.165, 1.54) is 11.1 Å². The van der Waals surface area contributed by atoms with Crippen molar-refractivity contribution in [2.24, 2.45) is 0 Å². The van der Waals surface area contributed by atoms with Gasteiger partial charge < -0.3 is 9.30 Å². The normalized spacial score (nSPS) is 11.1. The lowest BCUT2D eigenvalue weighted by molar-refractivity contribution is 0.0996. The molecule has 3 aromatic rings. The second-order valence-electron chi connectivity index (χ2n) is 5.19.